The molecule has 0 heterocycles. The zero-order valence-electron chi connectivity index (χ0n) is 17.7. The van der Waals surface area contributed by atoms with Crippen LogP contribution in [0, 0.1) is 5.82 Å². The molecule has 0 unspecified atom stereocenters. The summed E-state index contributed by atoms with van der Waals surface area (Å²) in [4.78, 5) is 26.4. The Kier molecular flexibility index (Phi) is 7.37. The van der Waals surface area contributed by atoms with Gasteiger partial charge >= 0.3 is 0 Å². The molecular weight excluding hydrogens is 371 g/mol. The molecule has 2 rings (SSSR count). The van der Waals surface area contributed by atoms with Gasteiger partial charge in [-0.05, 0) is 30.0 Å². The van der Waals surface area contributed by atoms with E-state index in [1.807, 2.05) is 24.3 Å². The SMILES string of the molecule is CNC(=O)[C@H](C)N(Cc1ccccc1F)C(=O)COc1ccccc1C(C)(C)C. The molecule has 156 valence electrons. The molecule has 5 nitrogen and oxygen atoms in total. The molecule has 0 spiro atoms. The number of halogens is 1. The Labute approximate surface area is 171 Å². The number of nitrogens with one attached hydrogen (secondary N) is 1. The topological polar surface area (TPSA) is 58.6 Å². The second-order valence-electron chi connectivity index (χ2n) is 7.94. The molecule has 29 heavy (non-hydrogen) atoms. The molecule has 0 radical (unpaired) electrons. The van der Waals surface area contributed by atoms with Gasteiger partial charge in [-0.3, -0.25) is 9.59 Å². The first-order valence-electron chi connectivity index (χ1n) is 9.62. The number of likely N-dealkylation sites (N-methyl/N-ethyl adjacent to an activating group) is 1. The third-order valence-electron chi connectivity index (χ3n) is 4.76. The van der Waals surface area contributed by atoms with Crippen molar-refractivity contribution in [2.24, 2.45) is 0 Å². The lowest BCUT2D eigenvalue weighted by Gasteiger charge is -2.29. The van der Waals surface area contributed by atoms with Crippen LogP contribution in [0.3, 0.4) is 0 Å². The smallest absolute Gasteiger partial charge is 0.261 e. The Balaban J connectivity index is 2.22. The number of benzene rings is 2. The minimum absolute atomic E-state index is 0.0234. The van der Waals surface area contributed by atoms with Crippen LogP contribution in [-0.2, 0) is 21.5 Å². The molecule has 6 heteroatoms. The van der Waals surface area contributed by atoms with Crippen molar-refractivity contribution < 1.29 is 18.7 Å². The van der Waals surface area contributed by atoms with E-state index in [0.29, 0.717) is 11.3 Å². The van der Waals surface area contributed by atoms with Crippen molar-refractivity contribution >= 4 is 11.8 Å². The van der Waals surface area contributed by atoms with Gasteiger partial charge in [0.05, 0.1) is 0 Å². The second-order valence-corrected chi connectivity index (χ2v) is 7.94. The molecule has 1 atom stereocenters. The fraction of sp³-hybridized carbons (Fsp3) is 0.391. The third kappa shape index (κ3) is 5.79. The van der Waals surface area contributed by atoms with Crippen LogP contribution in [0.5, 0.6) is 5.75 Å². The molecule has 0 aromatic heterocycles. The number of hydrogen-bond donors (Lipinski definition) is 1. The Morgan fingerprint density at radius 3 is 2.34 bits per heavy atom. The van der Waals surface area contributed by atoms with E-state index in [0.717, 1.165) is 5.56 Å². The van der Waals surface area contributed by atoms with E-state index in [9.17, 15) is 14.0 Å². The zero-order chi connectivity index (χ0) is 21.6. The summed E-state index contributed by atoms with van der Waals surface area (Å²) in [5, 5.41) is 2.54. The summed E-state index contributed by atoms with van der Waals surface area (Å²) in [6, 6.07) is 13.0. The highest BCUT2D eigenvalue weighted by Gasteiger charge is 2.27. The Hall–Kier alpha value is -2.89. The summed E-state index contributed by atoms with van der Waals surface area (Å²) in [6.45, 7) is 7.54. The van der Waals surface area contributed by atoms with Crippen molar-refractivity contribution in [1.29, 1.82) is 0 Å². The van der Waals surface area contributed by atoms with Crippen molar-refractivity contribution in [3.05, 3.63) is 65.5 Å². The van der Waals surface area contributed by atoms with Gasteiger partial charge in [0.1, 0.15) is 17.6 Å². The Bertz CT molecular complexity index is 861. The maximum Gasteiger partial charge on any atom is 0.261 e. The normalized spacial score (nSPS) is 12.2. The average Bonchev–Trinajstić information content (AvgIpc) is 2.69. The monoisotopic (exact) mass is 400 g/mol. The van der Waals surface area contributed by atoms with Gasteiger partial charge in [0.15, 0.2) is 6.61 Å². The van der Waals surface area contributed by atoms with Gasteiger partial charge < -0.3 is 15.0 Å². The molecule has 0 aliphatic carbocycles. The summed E-state index contributed by atoms with van der Waals surface area (Å²) < 4.78 is 19.9. The van der Waals surface area contributed by atoms with Crippen LogP contribution in [0.4, 0.5) is 4.39 Å². The van der Waals surface area contributed by atoms with Gasteiger partial charge in [0.2, 0.25) is 5.91 Å². The standard InChI is InChI=1S/C23H29FN2O3/c1-16(22(28)25-5)26(14-17-10-6-8-12-19(17)24)21(27)15-29-20-13-9-7-11-18(20)23(2,3)4/h6-13,16H,14-15H2,1-5H3,(H,25,28)/t16-/m0/s1. The number of ether oxygens (including phenoxy) is 1. The molecule has 0 saturated heterocycles. The van der Waals surface area contributed by atoms with E-state index >= 15 is 0 Å². The van der Waals surface area contributed by atoms with E-state index in [4.69, 9.17) is 4.74 Å². The highest BCUT2D eigenvalue weighted by atomic mass is 19.1. The van der Waals surface area contributed by atoms with Gasteiger partial charge in [0.25, 0.3) is 5.91 Å². The van der Waals surface area contributed by atoms with E-state index in [1.165, 1.54) is 18.0 Å². The molecule has 0 fully saturated rings. The summed E-state index contributed by atoms with van der Waals surface area (Å²) in [5.74, 6) is -0.530. The minimum atomic E-state index is -0.770. The molecule has 2 aromatic rings. The Morgan fingerprint density at radius 2 is 1.72 bits per heavy atom. The van der Waals surface area contributed by atoms with Crippen LogP contribution >= 0.6 is 0 Å². The van der Waals surface area contributed by atoms with Gasteiger partial charge in [0, 0.05) is 19.2 Å². The van der Waals surface area contributed by atoms with Crippen molar-refractivity contribution in [3.8, 4) is 5.75 Å². The number of nitrogens with zero attached hydrogens (tertiary/aromatic N) is 1. The lowest BCUT2D eigenvalue weighted by Crippen LogP contribution is -2.48. The third-order valence-corrected chi connectivity index (χ3v) is 4.76. The van der Waals surface area contributed by atoms with Crippen LogP contribution in [0.1, 0.15) is 38.8 Å². The molecule has 0 saturated carbocycles. The van der Waals surface area contributed by atoms with Gasteiger partial charge in [-0.15, -0.1) is 0 Å². The van der Waals surface area contributed by atoms with Gasteiger partial charge in [-0.1, -0.05) is 57.2 Å². The van der Waals surface area contributed by atoms with Crippen molar-refractivity contribution in [3.63, 3.8) is 0 Å². The number of carbonyl (C=O) groups excluding carboxylic acids is 2. The first-order chi connectivity index (χ1) is 13.6. The Morgan fingerprint density at radius 1 is 1.10 bits per heavy atom. The van der Waals surface area contributed by atoms with Crippen LogP contribution < -0.4 is 10.1 Å². The first kappa shape index (κ1) is 22.4. The fourth-order valence-corrected chi connectivity index (χ4v) is 3.04. The summed E-state index contributed by atoms with van der Waals surface area (Å²) in [6.07, 6.45) is 0. The van der Waals surface area contributed by atoms with E-state index in [-0.39, 0.29) is 24.5 Å². The molecule has 2 aromatic carbocycles. The van der Waals surface area contributed by atoms with Crippen molar-refractivity contribution in [2.45, 2.75) is 45.7 Å². The lowest BCUT2D eigenvalue weighted by molar-refractivity contribution is -0.142. The van der Waals surface area contributed by atoms with Crippen molar-refractivity contribution in [1.82, 2.24) is 10.2 Å². The zero-order valence-corrected chi connectivity index (χ0v) is 17.7. The predicted octanol–water partition coefficient (Wildman–Crippen LogP) is 3.67. The number of carbonyl (C=O) groups is 2. The van der Waals surface area contributed by atoms with E-state index in [2.05, 4.69) is 26.1 Å². The largest absolute Gasteiger partial charge is 0.483 e. The van der Waals surface area contributed by atoms with Gasteiger partial charge in [-0.2, -0.15) is 0 Å². The fourth-order valence-electron chi connectivity index (χ4n) is 3.04. The molecule has 1 N–H and O–H groups in total. The summed E-state index contributed by atoms with van der Waals surface area (Å²) in [7, 11) is 1.50. The van der Waals surface area contributed by atoms with Gasteiger partial charge in [-0.25, -0.2) is 4.39 Å². The molecule has 0 aliphatic heterocycles. The van der Waals surface area contributed by atoms with Crippen LogP contribution in [-0.4, -0.2) is 36.4 Å². The summed E-state index contributed by atoms with van der Waals surface area (Å²) in [5.41, 5.74) is 1.17. The minimum Gasteiger partial charge on any atom is -0.483 e. The highest BCUT2D eigenvalue weighted by molar-refractivity contribution is 5.87. The molecular formula is C23H29FN2O3. The number of hydrogen-bond acceptors (Lipinski definition) is 3. The predicted molar refractivity (Wildman–Crippen MR) is 111 cm³/mol. The maximum absolute atomic E-state index is 14.1. The number of amides is 2. The first-order valence-corrected chi connectivity index (χ1v) is 9.62. The molecule has 2 amide bonds. The number of rotatable bonds is 7. The van der Waals surface area contributed by atoms with Crippen molar-refractivity contribution in [2.75, 3.05) is 13.7 Å². The summed E-state index contributed by atoms with van der Waals surface area (Å²) >= 11 is 0. The quantitative estimate of drug-likeness (QED) is 0.772. The van der Waals surface area contributed by atoms with Crippen LogP contribution in [0.15, 0.2) is 48.5 Å². The van der Waals surface area contributed by atoms with Crippen LogP contribution in [0.2, 0.25) is 0 Å². The van der Waals surface area contributed by atoms with E-state index in [1.54, 1.807) is 25.1 Å². The van der Waals surface area contributed by atoms with E-state index < -0.39 is 17.8 Å². The molecule has 0 bridgehead atoms. The number of para-hydroxylation sites is 1. The second kappa shape index (κ2) is 9.54. The highest BCUT2D eigenvalue weighted by Crippen LogP contribution is 2.31. The molecule has 0 aliphatic rings. The van der Waals surface area contributed by atoms with Crippen LogP contribution in [0.25, 0.3) is 0 Å². The maximum atomic E-state index is 14.1. The lowest BCUT2D eigenvalue weighted by atomic mass is 9.86. The average molecular weight is 400 g/mol.